The van der Waals surface area contributed by atoms with Gasteiger partial charge in [0, 0.05) is 32.3 Å². The number of hydrogen-bond donors (Lipinski definition) is 4. The van der Waals surface area contributed by atoms with Crippen molar-refractivity contribution in [2.24, 2.45) is 0 Å². The van der Waals surface area contributed by atoms with Crippen LogP contribution in [-0.4, -0.2) is 269 Å². The highest BCUT2D eigenvalue weighted by molar-refractivity contribution is 5.14. The first-order valence-electron chi connectivity index (χ1n) is 26.0. The molecular formula is C44H44F52O10. The molecule has 0 rings (SSSR count). The molecule has 0 unspecified atom stereocenters. The van der Waals surface area contributed by atoms with E-state index in [2.05, 4.69) is 18.9 Å². The van der Waals surface area contributed by atoms with Crippen molar-refractivity contribution in [3.63, 3.8) is 0 Å². The van der Waals surface area contributed by atoms with Gasteiger partial charge in [-0.2, -0.15) is 228 Å². The molecule has 0 atom stereocenters. The Labute approximate surface area is 552 Å². The Bertz CT molecular complexity index is 2540. The van der Waals surface area contributed by atoms with Crippen LogP contribution in [-0.2, 0) is 28.4 Å². The molecule has 4 N–H and O–H groups in total. The van der Waals surface area contributed by atoms with E-state index in [1.807, 2.05) is 0 Å². The summed E-state index contributed by atoms with van der Waals surface area (Å²) in [7, 11) is 0. The van der Waals surface area contributed by atoms with E-state index in [1.165, 1.54) is 0 Å². The highest BCUT2D eigenvalue weighted by atomic mass is 19.5. The van der Waals surface area contributed by atoms with Crippen molar-refractivity contribution in [3.8, 4) is 0 Å². The first kappa shape index (κ1) is 108. The van der Waals surface area contributed by atoms with Crippen LogP contribution < -0.4 is 0 Å². The first-order valence-corrected chi connectivity index (χ1v) is 26.0. The van der Waals surface area contributed by atoms with Crippen LogP contribution in [0.25, 0.3) is 0 Å². The van der Waals surface area contributed by atoms with Crippen molar-refractivity contribution in [2.45, 2.75) is 169 Å². The lowest BCUT2D eigenvalue weighted by atomic mass is 9.93. The van der Waals surface area contributed by atoms with Crippen molar-refractivity contribution < 1.29 is 277 Å². The molecule has 0 aromatic carbocycles. The summed E-state index contributed by atoms with van der Waals surface area (Å²) in [5.74, 6) is -147. The van der Waals surface area contributed by atoms with Crippen LogP contribution in [0.2, 0.25) is 0 Å². The van der Waals surface area contributed by atoms with Gasteiger partial charge in [-0.3, -0.25) is 0 Å². The SMILES string of the molecule is OCCC(F)(F)C(F)(F)C(F)(F)C(F)(F)C(F)(F)C(F)(F)F.OCCOCCC(F)(F)C(F)(F)C(F)(F)C(F)(F)C(F)(F)C(F)(F)F.OCCOCCOCCC(F)(F)C(F)(F)C(F)(F)C(F)(F)C(F)(F)C(F)(F)F.OCCOCCOCCOCCC(F)(F)C(F)(F)C(F)(F)C(F)(F)C(F)(F)C(F)(F)F. The molecule has 62 heteroatoms. The van der Waals surface area contributed by atoms with Crippen LogP contribution >= 0.6 is 0 Å². The van der Waals surface area contributed by atoms with E-state index in [4.69, 9.17) is 29.9 Å². The van der Waals surface area contributed by atoms with Crippen LogP contribution in [0, 0.1) is 0 Å². The van der Waals surface area contributed by atoms with E-state index >= 15 is 0 Å². The normalized spacial score (nSPS) is 15.4. The second-order valence-electron chi connectivity index (χ2n) is 19.6. The zero-order chi connectivity index (χ0) is 86.4. The molecule has 0 aromatic rings. The zero-order valence-corrected chi connectivity index (χ0v) is 50.0. The summed E-state index contributed by atoms with van der Waals surface area (Å²) < 4.78 is 686. The Hall–Kier alpha value is -4.04. The zero-order valence-electron chi connectivity index (χ0n) is 50.0. The van der Waals surface area contributed by atoms with Crippen molar-refractivity contribution in [1.29, 1.82) is 0 Å². The van der Waals surface area contributed by atoms with E-state index in [0.717, 1.165) is 0 Å². The summed E-state index contributed by atoms with van der Waals surface area (Å²) in [5.41, 5.74) is 0. The molecule has 644 valence electrons. The molecule has 0 saturated heterocycles. The Kier molecular flexibility index (Phi) is 37.4. The molecule has 0 spiro atoms. The lowest BCUT2D eigenvalue weighted by Gasteiger charge is -2.39. The number of aliphatic hydroxyl groups excluding tert-OH is 4. The predicted molar refractivity (Wildman–Crippen MR) is 235 cm³/mol. The van der Waals surface area contributed by atoms with Gasteiger partial charge in [0.2, 0.25) is 0 Å². The molecule has 0 radical (unpaired) electrons. The lowest BCUT2D eigenvalue weighted by molar-refractivity contribution is -0.440. The summed E-state index contributed by atoms with van der Waals surface area (Å²) >= 11 is 0. The summed E-state index contributed by atoms with van der Waals surface area (Å²) in [6, 6.07) is 0. The molecule has 0 heterocycles. The molecule has 0 aliphatic rings. The minimum atomic E-state index is -7.90. The van der Waals surface area contributed by atoms with E-state index in [-0.39, 0.29) is 46.2 Å². The highest BCUT2D eigenvalue weighted by Crippen LogP contribution is 2.65. The number of rotatable bonds is 42. The van der Waals surface area contributed by atoms with E-state index in [0.29, 0.717) is 0 Å². The topological polar surface area (TPSA) is 136 Å². The predicted octanol–water partition coefficient (Wildman–Crippen LogP) is 16.5. The maximum atomic E-state index is 13.4. The molecule has 0 aliphatic heterocycles. The highest BCUT2D eigenvalue weighted by Gasteiger charge is 2.95. The number of ether oxygens (including phenoxy) is 6. The second-order valence-corrected chi connectivity index (χ2v) is 19.6. The molecule has 0 aromatic heterocycles. The third-order valence-corrected chi connectivity index (χ3v) is 11.9. The van der Waals surface area contributed by atoms with E-state index < -0.39 is 228 Å². The maximum absolute atomic E-state index is 13.4. The fourth-order valence-electron chi connectivity index (χ4n) is 5.74. The van der Waals surface area contributed by atoms with Crippen LogP contribution in [0.1, 0.15) is 25.7 Å². The average molecular weight is 1720 g/mol. The Morgan fingerprint density at radius 1 is 0.132 bits per heavy atom. The van der Waals surface area contributed by atoms with Crippen molar-refractivity contribution in [2.75, 3.05) is 106 Å². The Balaban J connectivity index is -0.000000659. The van der Waals surface area contributed by atoms with Gasteiger partial charge in [-0.25, -0.2) is 0 Å². The summed E-state index contributed by atoms with van der Waals surface area (Å²) in [5, 5.41) is 32.8. The molecule has 0 fully saturated rings. The molecule has 0 saturated carbocycles. The van der Waals surface area contributed by atoms with Gasteiger partial charge in [0.05, 0.1) is 99.1 Å². The van der Waals surface area contributed by atoms with Gasteiger partial charge in [-0.15, -0.1) is 0 Å². The quantitative estimate of drug-likeness (QED) is 0.0345. The minimum absolute atomic E-state index is 0.00327. The first-order chi connectivity index (χ1) is 46.2. The van der Waals surface area contributed by atoms with Crippen LogP contribution in [0.5, 0.6) is 0 Å². The molecule has 0 bridgehead atoms. The fraction of sp³-hybridized carbons (Fsp3) is 1.00. The number of halogens is 52. The summed E-state index contributed by atoms with van der Waals surface area (Å²) in [6.07, 6.45) is -39.5. The average Bonchev–Trinajstić information content (AvgIpc) is 0.733. The molecule has 0 aliphatic carbocycles. The van der Waals surface area contributed by atoms with Gasteiger partial charge in [-0.1, -0.05) is 0 Å². The third-order valence-electron chi connectivity index (χ3n) is 11.9. The molecule has 106 heavy (non-hydrogen) atoms. The number of aliphatic hydroxyl groups is 4. The van der Waals surface area contributed by atoms with Crippen molar-refractivity contribution >= 4 is 0 Å². The summed E-state index contributed by atoms with van der Waals surface area (Å²) in [4.78, 5) is 0. The molecular weight excluding hydrogens is 1680 g/mol. The smallest absolute Gasteiger partial charge is 0.396 e. The second kappa shape index (κ2) is 36.6. The van der Waals surface area contributed by atoms with Gasteiger partial charge in [0.1, 0.15) is 0 Å². The minimum Gasteiger partial charge on any atom is -0.396 e. The van der Waals surface area contributed by atoms with Gasteiger partial charge in [0.15, 0.2) is 0 Å². The monoisotopic (exact) mass is 1720 g/mol. The molecule has 10 nitrogen and oxygen atoms in total. The van der Waals surface area contributed by atoms with Gasteiger partial charge in [-0.05, 0) is 0 Å². The van der Waals surface area contributed by atoms with E-state index in [9.17, 15) is 228 Å². The fourth-order valence-corrected chi connectivity index (χ4v) is 5.74. The molecule has 0 amide bonds. The standard InChI is InChI=1S/C14H17F13O4.C12H13F13O3.C10H9F13O2.C8H5F13O/c15-9(16,1-3-29-5-7-31-8-6-30-4-2-28)10(17,18)11(19,20)12(21,22)13(23,24)14(25,26)27;13-7(14,1-3-27-5-6-28-4-2-26)8(15,16)9(17,18)10(19,20)11(21,22)12(23,24)25;11-5(12,1-3-25-4-2-24)6(13,14)7(15,16)8(17,18)9(19,20)10(21,22)23;9-3(10,1-2-22)4(11,12)5(13,14)6(15,16)7(17,18)8(19,20)21/h28H,1-8H2;26H,1-6H2;24H,1-4H2;22H,1-2H2. The largest absolute Gasteiger partial charge is 0.460 e. The third kappa shape index (κ3) is 22.2. The van der Waals surface area contributed by atoms with Crippen LogP contribution in [0.15, 0.2) is 0 Å². The van der Waals surface area contributed by atoms with Crippen molar-refractivity contribution in [1.82, 2.24) is 0 Å². The van der Waals surface area contributed by atoms with Crippen LogP contribution in [0.3, 0.4) is 0 Å². The van der Waals surface area contributed by atoms with Crippen LogP contribution in [0.4, 0.5) is 228 Å². The van der Waals surface area contributed by atoms with E-state index in [1.54, 1.807) is 0 Å². The van der Waals surface area contributed by atoms with Crippen molar-refractivity contribution in [3.05, 3.63) is 0 Å². The number of alkyl halides is 52. The maximum Gasteiger partial charge on any atom is 0.460 e. The van der Waals surface area contributed by atoms with Gasteiger partial charge in [0.25, 0.3) is 0 Å². The lowest BCUT2D eigenvalue weighted by Crippen LogP contribution is -2.70. The Morgan fingerprint density at radius 2 is 0.255 bits per heavy atom. The summed E-state index contributed by atoms with van der Waals surface area (Å²) in [6.45, 7) is -11.0. The Morgan fingerprint density at radius 3 is 0.396 bits per heavy atom. The van der Waals surface area contributed by atoms with Gasteiger partial charge >= 0.3 is 143 Å². The number of hydrogen-bond acceptors (Lipinski definition) is 10. The van der Waals surface area contributed by atoms with Gasteiger partial charge < -0.3 is 48.8 Å².